The first-order valence-electron chi connectivity index (χ1n) is 10.3. The zero-order chi connectivity index (χ0) is 24.1. The van der Waals surface area contributed by atoms with Gasteiger partial charge in [-0.1, -0.05) is 28.1 Å². The minimum Gasteiger partial charge on any atom is -0.497 e. The molecule has 2 aromatic heterocycles. The molecule has 0 atom stereocenters. The van der Waals surface area contributed by atoms with Gasteiger partial charge in [-0.25, -0.2) is 13.1 Å². The van der Waals surface area contributed by atoms with Crippen molar-refractivity contribution in [2.75, 3.05) is 26.9 Å². The minimum absolute atomic E-state index is 0.0328. The topological polar surface area (TPSA) is 117 Å². The van der Waals surface area contributed by atoms with Crippen LogP contribution >= 0.6 is 15.9 Å². The van der Waals surface area contributed by atoms with Crippen molar-refractivity contribution in [2.45, 2.75) is 11.8 Å². The van der Waals surface area contributed by atoms with Gasteiger partial charge < -0.3 is 14.2 Å². The standard InChI is InChI=1S/C22H22BrN5O5S/c1-3-32-18-8-7-16(23)14-19(18)34(29,30)24-11-12-33-21-10-9-20-25-26-22(28(20)27-21)15-5-4-6-17(13-15)31-2/h4-10,13-14,24H,3,11-12H2,1-2H3. The molecule has 2 heterocycles. The summed E-state index contributed by atoms with van der Waals surface area (Å²) < 4.78 is 46.6. The number of sulfonamides is 1. The Labute approximate surface area is 205 Å². The van der Waals surface area contributed by atoms with Crippen LogP contribution in [0.5, 0.6) is 17.4 Å². The van der Waals surface area contributed by atoms with Gasteiger partial charge in [-0.2, -0.15) is 4.52 Å². The summed E-state index contributed by atoms with van der Waals surface area (Å²) in [4.78, 5) is 0.0516. The molecule has 0 aliphatic rings. The maximum absolute atomic E-state index is 12.8. The average molecular weight is 548 g/mol. The second kappa shape index (κ2) is 10.4. The lowest BCUT2D eigenvalue weighted by Crippen LogP contribution is -2.28. The molecule has 4 aromatic rings. The van der Waals surface area contributed by atoms with Crippen LogP contribution in [0.4, 0.5) is 0 Å². The first kappa shape index (κ1) is 23.9. The highest BCUT2D eigenvalue weighted by Crippen LogP contribution is 2.27. The molecule has 2 aromatic carbocycles. The lowest BCUT2D eigenvalue weighted by Gasteiger charge is -2.12. The summed E-state index contributed by atoms with van der Waals surface area (Å²) in [5.74, 6) is 1.79. The predicted molar refractivity (Wildman–Crippen MR) is 129 cm³/mol. The maximum Gasteiger partial charge on any atom is 0.244 e. The van der Waals surface area contributed by atoms with E-state index in [1.165, 1.54) is 6.07 Å². The molecule has 178 valence electrons. The van der Waals surface area contributed by atoms with Crippen LogP contribution in [0.25, 0.3) is 17.0 Å². The van der Waals surface area contributed by atoms with Gasteiger partial charge in [0, 0.05) is 22.6 Å². The normalized spacial score (nSPS) is 11.5. The number of fused-ring (bicyclic) bond motifs is 1. The Bertz CT molecular complexity index is 1410. The average Bonchev–Trinajstić information content (AvgIpc) is 3.26. The van der Waals surface area contributed by atoms with Crippen molar-refractivity contribution in [3.05, 3.63) is 59.1 Å². The predicted octanol–water partition coefficient (Wildman–Crippen LogP) is 3.32. The Balaban J connectivity index is 1.45. The number of rotatable bonds is 10. The summed E-state index contributed by atoms with van der Waals surface area (Å²) in [5, 5.41) is 12.8. The van der Waals surface area contributed by atoms with Crippen LogP contribution in [0.3, 0.4) is 0 Å². The van der Waals surface area contributed by atoms with Crippen LogP contribution < -0.4 is 18.9 Å². The monoisotopic (exact) mass is 547 g/mol. The number of halogens is 1. The zero-order valence-corrected chi connectivity index (χ0v) is 20.8. The number of nitrogens with one attached hydrogen (secondary N) is 1. The summed E-state index contributed by atoms with van der Waals surface area (Å²) in [5.41, 5.74) is 1.33. The summed E-state index contributed by atoms with van der Waals surface area (Å²) in [6.45, 7) is 2.23. The Morgan fingerprint density at radius 1 is 1.06 bits per heavy atom. The fourth-order valence-corrected chi connectivity index (χ4v) is 4.86. The van der Waals surface area contributed by atoms with E-state index in [2.05, 4.69) is 35.9 Å². The molecule has 0 unspecified atom stereocenters. The molecule has 0 saturated heterocycles. The summed E-state index contributed by atoms with van der Waals surface area (Å²) in [6.07, 6.45) is 0. The second-order valence-electron chi connectivity index (χ2n) is 6.97. The SMILES string of the molecule is CCOc1ccc(Br)cc1S(=O)(=O)NCCOc1ccc2nnc(-c3cccc(OC)c3)n2n1. The van der Waals surface area contributed by atoms with E-state index in [-0.39, 0.29) is 23.8 Å². The lowest BCUT2D eigenvalue weighted by atomic mass is 10.2. The second-order valence-corrected chi connectivity index (χ2v) is 9.62. The summed E-state index contributed by atoms with van der Waals surface area (Å²) in [6, 6.07) is 15.6. The Hall–Kier alpha value is -3.22. The Morgan fingerprint density at radius 3 is 2.71 bits per heavy atom. The van der Waals surface area contributed by atoms with Crippen LogP contribution in [0.1, 0.15) is 6.92 Å². The van der Waals surface area contributed by atoms with E-state index in [0.717, 1.165) is 5.56 Å². The number of methoxy groups -OCH3 is 1. The number of hydrogen-bond acceptors (Lipinski definition) is 8. The van der Waals surface area contributed by atoms with Crippen LogP contribution in [0.15, 0.2) is 64.0 Å². The van der Waals surface area contributed by atoms with Crippen molar-refractivity contribution in [1.82, 2.24) is 24.5 Å². The van der Waals surface area contributed by atoms with Crippen LogP contribution in [-0.2, 0) is 10.0 Å². The summed E-state index contributed by atoms with van der Waals surface area (Å²) >= 11 is 3.30. The first-order chi connectivity index (χ1) is 16.4. The molecule has 12 heteroatoms. The van der Waals surface area contributed by atoms with E-state index in [1.54, 1.807) is 42.8 Å². The van der Waals surface area contributed by atoms with Gasteiger partial charge in [0.2, 0.25) is 15.9 Å². The van der Waals surface area contributed by atoms with Crippen LogP contribution in [0.2, 0.25) is 0 Å². The molecule has 10 nitrogen and oxygen atoms in total. The lowest BCUT2D eigenvalue weighted by molar-refractivity contribution is 0.305. The molecule has 0 aliphatic heterocycles. The zero-order valence-electron chi connectivity index (χ0n) is 18.4. The van der Waals surface area contributed by atoms with Crippen molar-refractivity contribution in [2.24, 2.45) is 0 Å². The van der Waals surface area contributed by atoms with E-state index in [4.69, 9.17) is 14.2 Å². The molecule has 0 spiro atoms. The van der Waals surface area contributed by atoms with E-state index < -0.39 is 10.0 Å². The van der Waals surface area contributed by atoms with E-state index in [0.29, 0.717) is 34.2 Å². The van der Waals surface area contributed by atoms with Gasteiger partial charge in [0.15, 0.2) is 11.5 Å². The molecule has 1 N–H and O–H groups in total. The fourth-order valence-electron chi connectivity index (χ4n) is 3.17. The largest absolute Gasteiger partial charge is 0.497 e. The molecule has 0 bridgehead atoms. The van der Waals surface area contributed by atoms with Crippen molar-refractivity contribution in [3.63, 3.8) is 0 Å². The number of hydrogen-bond donors (Lipinski definition) is 1. The molecular weight excluding hydrogens is 526 g/mol. The minimum atomic E-state index is -3.81. The smallest absolute Gasteiger partial charge is 0.244 e. The third kappa shape index (κ3) is 5.29. The molecule has 0 fully saturated rings. The van der Waals surface area contributed by atoms with Gasteiger partial charge in [-0.05, 0) is 43.3 Å². The number of aromatic nitrogens is 4. The molecule has 0 saturated carbocycles. The van der Waals surface area contributed by atoms with Crippen LogP contribution in [-0.4, -0.2) is 55.1 Å². The highest BCUT2D eigenvalue weighted by molar-refractivity contribution is 9.10. The van der Waals surface area contributed by atoms with Gasteiger partial charge in [-0.15, -0.1) is 15.3 Å². The molecule has 0 amide bonds. The summed E-state index contributed by atoms with van der Waals surface area (Å²) in [7, 11) is -2.22. The Kier molecular flexibility index (Phi) is 7.29. The van der Waals surface area contributed by atoms with Crippen LogP contribution in [0, 0.1) is 0 Å². The third-order valence-electron chi connectivity index (χ3n) is 4.71. The van der Waals surface area contributed by atoms with Crippen molar-refractivity contribution in [3.8, 4) is 28.8 Å². The van der Waals surface area contributed by atoms with Gasteiger partial charge in [0.25, 0.3) is 0 Å². The Morgan fingerprint density at radius 2 is 1.91 bits per heavy atom. The van der Waals surface area contributed by atoms with Crippen molar-refractivity contribution in [1.29, 1.82) is 0 Å². The third-order valence-corrected chi connectivity index (χ3v) is 6.68. The van der Waals surface area contributed by atoms with E-state index in [1.807, 2.05) is 24.3 Å². The van der Waals surface area contributed by atoms with Gasteiger partial charge in [-0.3, -0.25) is 0 Å². The molecule has 0 radical (unpaired) electrons. The fraction of sp³-hybridized carbons (Fsp3) is 0.227. The maximum atomic E-state index is 12.8. The van der Waals surface area contributed by atoms with Crippen molar-refractivity contribution < 1.29 is 22.6 Å². The number of benzene rings is 2. The molecule has 4 rings (SSSR count). The number of ether oxygens (including phenoxy) is 3. The molecular formula is C22H22BrN5O5S. The van der Waals surface area contributed by atoms with Crippen molar-refractivity contribution >= 4 is 31.6 Å². The number of nitrogens with zero attached hydrogens (tertiary/aromatic N) is 4. The van der Waals surface area contributed by atoms with E-state index in [9.17, 15) is 8.42 Å². The highest BCUT2D eigenvalue weighted by Gasteiger charge is 2.20. The highest BCUT2D eigenvalue weighted by atomic mass is 79.9. The molecule has 34 heavy (non-hydrogen) atoms. The quantitative estimate of drug-likeness (QED) is 0.300. The van der Waals surface area contributed by atoms with Gasteiger partial charge in [0.1, 0.15) is 23.0 Å². The molecule has 0 aliphatic carbocycles. The van der Waals surface area contributed by atoms with E-state index >= 15 is 0 Å². The van der Waals surface area contributed by atoms with Gasteiger partial charge in [0.05, 0.1) is 13.7 Å². The first-order valence-corrected chi connectivity index (χ1v) is 12.6. The van der Waals surface area contributed by atoms with Gasteiger partial charge >= 0.3 is 0 Å².